The highest BCUT2D eigenvalue weighted by Crippen LogP contribution is 1.55. The number of nitrogens with two attached hydrogens (primary N) is 1. The molecule has 0 aromatic rings. The van der Waals surface area contributed by atoms with Crippen molar-refractivity contribution in [1.82, 2.24) is 0 Å². The number of hydrogen-bond acceptors (Lipinski definition) is 2. The highest BCUT2D eigenvalue weighted by molar-refractivity contribution is 5.56. The monoisotopic (exact) mass is 72.0 g/mol. The van der Waals surface area contributed by atoms with Gasteiger partial charge in [0.2, 0.25) is 6.29 Å². The largest absolute Gasteiger partial charge is 0.321 e. The van der Waals surface area contributed by atoms with E-state index in [2.05, 4.69) is 0 Å². The summed E-state index contributed by atoms with van der Waals surface area (Å²) in [5.74, 6) is 0. The summed E-state index contributed by atoms with van der Waals surface area (Å²) >= 11 is 0. The minimum Gasteiger partial charge on any atom is -0.321 e. The Morgan fingerprint density at radius 1 is 2.00 bits per heavy atom. The first-order valence-corrected chi connectivity index (χ1v) is 1.40. The van der Waals surface area contributed by atoms with E-state index in [1.54, 1.807) is 13.2 Å². The fourth-order valence-corrected chi connectivity index (χ4v) is 0. The van der Waals surface area contributed by atoms with Gasteiger partial charge in [0.15, 0.2) is 0 Å². The van der Waals surface area contributed by atoms with Crippen LogP contribution >= 0.6 is 0 Å². The van der Waals surface area contributed by atoms with Crippen molar-refractivity contribution in [2.45, 2.75) is 13.0 Å². The van der Waals surface area contributed by atoms with Crippen LogP contribution in [0.25, 0.3) is 0 Å². The molecule has 0 aliphatic rings. The Morgan fingerprint density at radius 3 is 2.20 bits per heavy atom. The Balaban J connectivity index is 2.83. The van der Waals surface area contributed by atoms with Crippen molar-refractivity contribution < 1.29 is 4.79 Å². The van der Waals surface area contributed by atoms with Crippen molar-refractivity contribution in [1.29, 1.82) is 0 Å². The zero-order chi connectivity index (χ0) is 4.28. The van der Waals surface area contributed by atoms with E-state index in [0.29, 0.717) is 0 Å². The maximum atomic E-state index is 9.25. The molecule has 2 heteroatoms. The molecular formula is C3H6NO. The second-order valence-electron chi connectivity index (χ2n) is 0.907. The van der Waals surface area contributed by atoms with Crippen molar-refractivity contribution in [3.63, 3.8) is 0 Å². The van der Waals surface area contributed by atoms with Crippen molar-refractivity contribution in [2.24, 2.45) is 5.73 Å². The average Bonchev–Trinajstić information content (AvgIpc) is 1.38. The highest BCUT2D eigenvalue weighted by atomic mass is 16.1. The molecule has 2 nitrogen and oxygen atoms in total. The fraction of sp³-hybridized carbons (Fsp3) is 0.667. The summed E-state index contributed by atoms with van der Waals surface area (Å²) in [5.41, 5.74) is 4.87. The van der Waals surface area contributed by atoms with Crippen LogP contribution in [0, 0.1) is 0 Å². The van der Waals surface area contributed by atoms with Crippen LogP contribution < -0.4 is 5.73 Å². The molecule has 0 saturated heterocycles. The Hall–Kier alpha value is -0.370. The molecule has 1 atom stereocenters. The lowest BCUT2D eigenvalue weighted by atomic mass is 10.4. The second kappa shape index (κ2) is 1.91. The minimum absolute atomic E-state index is 0.421. The standard InChI is InChI=1S/C3H6NO/c1-3(4)2-5/h3H,4H2,1H3/t3-/m0/s1. The molecule has 0 aromatic heterocycles. The Bertz CT molecular complexity index is 33.9. The van der Waals surface area contributed by atoms with Gasteiger partial charge in [0, 0.05) is 0 Å². The van der Waals surface area contributed by atoms with E-state index < -0.39 is 6.04 Å². The summed E-state index contributed by atoms with van der Waals surface area (Å²) in [5, 5.41) is 0. The summed E-state index contributed by atoms with van der Waals surface area (Å²) in [7, 11) is 0. The van der Waals surface area contributed by atoms with Crippen molar-refractivity contribution in [3.8, 4) is 0 Å². The van der Waals surface area contributed by atoms with Crippen LogP contribution in [0.1, 0.15) is 6.92 Å². The first-order valence-electron chi connectivity index (χ1n) is 1.40. The molecule has 2 N–H and O–H groups in total. The molecule has 5 heavy (non-hydrogen) atoms. The third-order valence-electron chi connectivity index (χ3n) is 0.186. The molecule has 0 amide bonds. The van der Waals surface area contributed by atoms with Crippen molar-refractivity contribution >= 4 is 6.29 Å². The van der Waals surface area contributed by atoms with E-state index in [1.165, 1.54) is 0 Å². The van der Waals surface area contributed by atoms with Gasteiger partial charge < -0.3 is 5.73 Å². The van der Waals surface area contributed by atoms with E-state index in [0.717, 1.165) is 0 Å². The molecule has 0 saturated carbocycles. The van der Waals surface area contributed by atoms with Gasteiger partial charge in [-0.3, -0.25) is 4.79 Å². The Morgan fingerprint density at radius 2 is 2.20 bits per heavy atom. The molecule has 0 aromatic carbocycles. The van der Waals surface area contributed by atoms with Gasteiger partial charge in [-0.25, -0.2) is 0 Å². The van der Waals surface area contributed by atoms with Crippen LogP contribution in [-0.2, 0) is 4.79 Å². The maximum Gasteiger partial charge on any atom is 0.216 e. The molecular weight excluding hydrogens is 66.0 g/mol. The van der Waals surface area contributed by atoms with Gasteiger partial charge in [-0.2, -0.15) is 0 Å². The molecule has 0 fully saturated rings. The van der Waals surface area contributed by atoms with E-state index in [-0.39, 0.29) is 0 Å². The van der Waals surface area contributed by atoms with Gasteiger partial charge in [0.1, 0.15) is 0 Å². The van der Waals surface area contributed by atoms with Crippen LogP contribution in [-0.4, -0.2) is 12.3 Å². The zero-order valence-corrected chi connectivity index (χ0v) is 3.06. The maximum absolute atomic E-state index is 9.25. The van der Waals surface area contributed by atoms with Crippen molar-refractivity contribution in [2.75, 3.05) is 0 Å². The lowest BCUT2D eigenvalue weighted by Crippen LogP contribution is -2.15. The molecule has 0 heterocycles. The normalized spacial score (nSPS) is 14.0. The van der Waals surface area contributed by atoms with Crippen LogP contribution in [0.2, 0.25) is 0 Å². The molecule has 0 rings (SSSR count). The third-order valence-corrected chi connectivity index (χ3v) is 0.186. The second-order valence-corrected chi connectivity index (χ2v) is 0.907. The molecule has 0 aliphatic carbocycles. The van der Waals surface area contributed by atoms with Crippen LogP contribution in [0.5, 0.6) is 0 Å². The predicted octanol–water partition coefficient (Wildman–Crippen LogP) is -0.557. The summed E-state index contributed by atoms with van der Waals surface area (Å²) in [6.07, 6.45) is 1.56. The van der Waals surface area contributed by atoms with Crippen LogP contribution in [0.15, 0.2) is 0 Å². The molecule has 0 unspecified atom stereocenters. The average molecular weight is 72.1 g/mol. The number of rotatable bonds is 1. The van der Waals surface area contributed by atoms with Crippen LogP contribution in [0.4, 0.5) is 0 Å². The van der Waals surface area contributed by atoms with Crippen LogP contribution in [0.3, 0.4) is 0 Å². The lowest BCUT2D eigenvalue weighted by Gasteiger charge is -1.79. The van der Waals surface area contributed by atoms with E-state index >= 15 is 0 Å². The fourth-order valence-electron chi connectivity index (χ4n) is 0. The van der Waals surface area contributed by atoms with Gasteiger partial charge in [-0.05, 0) is 6.92 Å². The predicted molar refractivity (Wildman–Crippen MR) is 19.3 cm³/mol. The summed E-state index contributed by atoms with van der Waals surface area (Å²) in [6, 6.07) is -0.421. The number of hydrogen-bond donors (Lipinski definition) is 1. The summed E-state index contributed by atoms with van der Waals surface area (Å²) < 4.78 is 0. The minimum atomic E-state index is -0.421. The van der Waals surface area contributed by atoms with E-state index in [4.69, 9.17) is 5.73 Å². The van der Waals surface area contributed by atoms with Gasteiger partial charge >= 0.3 is 0 Å². The smallest absolute Gasteiger partial charge is 0.216 e. The van der Waals surface area contributed by atoms with Gasteiger partial charge in [-0.1, -0.05) is 0 Å². The first-order chi connectivity index (χ1) is 2.27. The highest BCUT2D eigenvalue weighted by Gasteiger charge is 1.81. The Labute approximate surface area is 31.0 Å². The molecule has 1 radical (unpaired) electrons. The van der Waals surface area contributed by atoms with Gasteiger partial charge in [-0.15, -0.1) is 0 Å². The Kier molecular flexibility index (Phi) is 1.76. The van der Waals surface area contributed by atoms with E-state index in [9.17, 15) is 4.79 Å². The first kappa shape index (κ1) is 4.63. The summed E-state index contributed by atoms with van der Waals surface area (Å²) in [6.45, 7) is 1.58. The third kappa shape index (κ3) is 3.63. The van der Waals surface area contributed by atoms with Gasteiger partial charge in [0.05, 0.1) is 6.04 Å². The lowest BCUT2D eigenvalue weighted by molar-refractivity contribution is 0.546. The molecule has 0 bridgehead atoms. The van der Waals surface area contributed by atoms with Crippen molar-refractivity contribution in [3.05, 3.63) is 0 Å². The quantitative estimate of drug-likeness (QED) is 0.451. The molecule has 0 spiro atoms. The zero-order valence-electron chi connectivity index (χ0n) is 3.06. The van der Waals surface area contributed by atoms with Gasteiger partial charge in [0.25, 0.3) is 0 Å². The SMILES string of the molecule is C[C@H](N)[C]=O. The van der Waals surface area contributed by atoms with E-state index in [1.807, 2.05) is 0 Å². The molecule has 0 aliphatic heterocycles. The topological polar surface area (TPSA) is 43.1 Å². The number of carbonyl (C=O) groups excluding carboxylic acids is 1. The summed E-state index contributed by atoms with van der Waals surface area (Å²) in [4.78, 5) is 9.25. The molecule has 29 valence electrons.